The number of aliphatic hydroxyl groups is 1. The summed E-state index contributed by atoms with van der Waals surface area (Å²) in [6.45, 7) is 2.28. The molecule has 1 aliphatic heterocycles. The minimum Gasteiger partial charge on any atom is -0.507 e. The SMILES string of the molecule is CC1(C)CC(C(O)C(F)(F)CNC(=O)c2ccccc2O)c2cc(-c3ccc(Cl)cc3)c(-c3ccc(Cl)cc3Cl)nc2O1. The number of hydrogen-bond acceptors (Lipinski definition) is 5. The number of pyridine rings is 1. The van der Waals surface area contributed by atoms with Crippen LogP contribution in [0.3, 0.4) is 0 Å². The number of aromatic hydroxyl groups is 1. The van der Waals surface area contributed by atoms with Gasteiger partial charge in [0.25, 0.3) is 11.8 Å². The second kappa shape index (κ2) is 11.9. The van der Waals surface area contributed by atoms with Crippen molar-refractivity contribution in [2.45, 2.75) is 43.8 Å². The van der Waals surface area contributed by atoms with Gasteiger partial charge in [-0.3, -0.25) is 4.79 Å². The molecule has 3 N–H and O–H groups in total. The number of nitrogens with one attached hydrogen (secondary N) is 1. The first kappa shape index (κ1) is 31.0. The fourth-order valence-corrected chi connectivity index (χ4v) is 5.80. The highest BCUT2D eigenvalue weighted by Gasteiger charge is 2.49. The zero-order valence-electron chi connectivity index (χ0n) is 23.0. The molecule has 11 heteroatoms. The third kappa shape index (κ3) is 6.58. The van der Waals surface area contributed by atoms with Gasteiger partial charge >= 0.3 is 0 Å². The second-order valence-electron chi connectivity index (χ2n) is 11.0. The highest BCUT2D eigenvalue weighted by Crippen LogP contribution is 2.48. The van der Waals surface area contributed by atoms with Crippen LogP contribution < -0.4 is 10.1 Å². The van der Waals surface area contributed by atoms with Gasteiger partial charge < -0.3 is 20.3 Å². The summed E-state index contributed by atoms with van der Waals surface area (Å²) < 4.78 is 37.4. The first-order valence-electron chi connectivity index (χ1n) is 13.3. The van der Waals surface area contributed by atoms with Gasteiger partial charge in [-0.25, -0.2) is 13.8 Å². The van der Waals surface area contributed by atoms with Gasteiger partial charge in [0.2, 0.25) is 5.88 Å². The van der Waals surface area contributed by atoms with Crippen molar-refractivity contribution < 1.29 is 28.5 Å². The van der Waals surface area contributed by atoms with Crippen LogP contribution in [0.2, 0.25) is 15.1 Å². The van der Waals surface area contributed by atoms with Crippen molar-refractivity contribution in [1.82, 2.24) is 10.3 Å². The Morgan fingerprint density at radius 2 is 1.72 bits per heavy atom. The number of alkyl halides is 2. The average Bonchev–Trinajstić information content (AvgIpc) is 2.95. The molecule has 224 valence electrons. The van der Waals surface area contributed by atoms with Gasteiger partial charge in [-0.2, -0.15) is 0 Å². The van der Waals surface area contributed by atoms with Gasteiger partial charge in [0.05, 0.1) is 22.8 Å². The molecule has 0 bridgehead atoms. The van der Waals surface area contributed by atoms with Crippen LogP contribution in [0.5, 0.6) is 11.6 Å². The summed E-state index contributed by atoms with van der Waals surface area (Å²) in [7, 11) is 0. The van der Waals surface area contributed by atoms with Crippen LogP contribution in [0.15, 0.2) is 72.8 Å². The van der Waals surface area contributed by atoms with E-state index in [2.05, 4.69) is 5.32 Å². The molecule has 43 heavy (non-hydrogen) atoms. The van der Waals surface area contributed by atoms with E-state index < -0.39 is 36.0 Å². The Morgan fingerprint density at radius 1 is 1.05 bits per heavy atom. The number of halogens is 5. The smallest absolute Gasteiger partial charge is 0.290 e. The van der Waals surface area contributed by atoms with Crippen LogP contribution in [-0.2, 0) is 0 Å². The monoisotopic (exact) mass is 646 g/mol. The zero-order valence-corrected chi connectivity index (χ0v) is 25.3. The molecule has 1 amide bonds. The maximum absolute atomic E-state index is 15.6. The minimum absolute atomic E-state index is 0.0347. The summed E-state index contributed by atoms with van der Waals surface area (Å²) in [5.74, 6) is -6.04. The molecule has 0 aliphatic carbocycles. The lowest BCUT2D eigenvalue weighted by Gasteiger charge is -2.40. The Labute approximate surface area is 262 Å². The molecule has 1 aromatic heterocycles. The molecule has 5 rings (SSSR count). The Kier molecular flexibility index (Phi) is 8.60. The number of para-hydroxylation sites is 1. The third-order valence-corrected chi connectivity index (χ3v) is 8.09. The molecule has 0 spiro atoms. The van der Waals surface area contributed by atoms with Crippen LogP contribution in [0.1, 0.15) is 42.1 Å². The van der Waals surface area contributed by atoms with Crippen molar-refractivity contribution >= 4 is 40.7 Å². The molecule has 0 fully saturated rings. The average molecular weight is 648 g/mol. The van der Waals surface area contributed by atoms with Crippen molar-refractivity contribution in [1.29, 1.82) is 0 Å². The van der Waals surface area contributed by atoms with Crippen LogP contribution >= 0.6 is 34.8 Å². The first-order chi connectivity index (χ1) is 20.3. The summed E-state index contributed by atoms with van der Waals surface area (Å²) in [5, 5.41) is 24.5. The Bertz CT molecular complexity index is 1680. The molecule has 4 aromatic rings. The summed E-state index contributed by atoms with van der Waals surface area (Å²) in [5.41, 5.74) is 1.35. The van der Waals surface area contributed by atoms with E-state index in [9.17, 15) is 15.0 Å². The number of carbonyl (C=O) groups excluding carboxylic acids is 1. The predicted octanol–water partition coefficient (Wildman–Crippen LogP) is 8.15. The van der Waals surface area contributed by atoms with Crippen molar-refractivity contribution in [3.05, 3.63) is 99.0 Å². The Hall–Kier alpha value is -3.43. The van der Waals surface area contributed by atoms with Crippen LogP contribution in [-0.4, -0.2) is 45.3 Å². The van der Waals surface area contributed by atoms with E-state index >= 15 is 8.78 Å². The number of rotatable bonds is 7. The Morgan fingerprint density at radius 3 is 2.40 bits per heavy atom. The predicted molar refractivity (Wildman–Crippen MR) is 164 cm³/mol. The van der Waals surface area contributed by atoms with E-state index in [4.69, 9.17) is 44.5 Å². The highest BCUT2D eigenvalue weighted by atomic mass is 35.5. The van der Waals surface area contributed by atoms with Crippen molar-refractivity contribution in [2.75, 3.05) is 6.54 Å². The number of phenolic OH excluding ortho intramolecular Hbond substituents is 1. The van der Waals surface area contributed by atoms with Crippen LogP contribution in [0, 0.1) is 0 Å². The zero-order chi connectivity index (χ0) is 31.1. The molecular weight excluding hydrogens is 621 g/mol. The number of phenols is 1. The van der Waals surface area contributed by atoms with E-state index in [0.717, 1.165) is 0 Å². The second-order valence-corrected chi connectivity index (χ2v) is 12.3. The van der Waals surface area contributed by atoms with Crippen LogP contribution in [0.25, 0.3) is 22.4 Å². The summed E-state index contributed by atoms with van der Waals surface area (Å²) >= 11 is 18.8. The van der Waals surface area contributed by atoms with Gasteiger partial charge in [-0.15, -0.1) is 0 Å². The van der Waals surface area contributed by atoms with Crippen LogP contribution in [0.4, 0.5) is 8.78 Å². The fourth-order valence-electron chi connectivity index (χ4n) is 5.18. The van der Waals surface area contributed by atoms with Gasteiger partial charge in [-0.1, -0.05) is 59.1 Å². The van der Waals surface area contributed by atoms with Gasteiger partial charge in [0.15, 0.2) is 0 Å². The van der Waals surface area contributed by atoms with E-state index in [1.54, 1.807) is 62.4 Å². The lowest BCUT2D eigenvalue weighted by molar-refractivity contribution is -0.124. The number of hydrogen-bond donors (Lipinski definition) is 3. The normalized spacial score (nSPS) is 16.6. The van der Waals surface area contributed by atoms with E-state index in [-0.39, 0.29) is 29.2 Å². The van der Waals surface area contributed by atoms with E-state index in [0.29, 0.717) is 37.5 Å². The number of carbonyl (C=O) groups is 1. The largest absolute Gasteiger partial charge is 0.507 e. The van der Waals surface area contributed by atoms with Gasteiger partial charge in [0, 0.05) is 32.7 Å². The molecule has 0 radical (unpaired) electrons. The number of aliphatic hydroxyl groups excluding tert-OH is 1. The summed E-state index contributed by atoms with van der Waals surface area (Å²) in [6, 6.07) is 19.1. The van der Waals surface area contributed by atoms with Crippen molar-refractivity contribution in [3.63, 3.8) is 0 Å². The Balaban J connectivity index is 1.56. The standard InChI is InChI=1S/C32H27Cl3F2N2O4/c1-31(2)15-24(28(41)32(36,37)16-38-29(42)21-5-3-4-6-26(21)40)23-14-22(17-7-9-18(33)10-8-17)27(39-30(23)43-31)20-12-11-19(34)13-25(20)35/h3-14,24,28,40-41H,15-16H2,1-2H3,(H,38,42). The van der Waals surface area contributed by atoms with Crippen molar-refractivity contribution in [2.24, 2.45) is 0 Å². The summed E-state index contributed by atoms with van der Waals surface area (Å²) in [6.07, 6.45) is -2.18. The highest BCUT2D eigenvalue weighted by molar-refractivity contribution is 6.36. The molecule has 2 heterocycles. The maximum atomic E-state index is 15.6. The number of amides is 1. The van der Waals surface area contributed by atoms with E-state index in [1.807, 2.05) is 0 Å². The first-order valence-corrected chi connectivity index (χ1v) is 14.5. The molecule has 1 aliphatic rings. The number of fused-ring (bicyclic) bond motifs is 1. The molecule has 0 saturated carbocycles. The molecule has 6 nitrogen and oxygen atoms in total. The number of ether oxygens (including phenoxy) is 1. The van der Waals surface area contributed by atoms with Gasteiger partial charge in [0.1, 0.15) is 17.5 Å². The van der Waals surface area contributed by atoms with Gasteiger partial charge in [-0.05, 0) is 74.4 Å². The third-order valence-electron chi connectivity index (χ3n) is 7.29. The summed E-state index contributed by atoms with van der Waals surface area (Å²) in [4.78, 5) is 17.3. The molecular formula is C32H27Cl3F2N2O4. The lowest BCUT2D eigenvalue weighted by Crippen LogP contribution is -2.50. The number of benzene rings is 3. The maximum Gasteiger partial charge on any atom is 0.290 e. The topological polar surface area (TPSA) is 91.7 Å². The van der Waals surface area contributed by atoms with E-state index in [1.165, 1.54) is 24.3 Å². The quantitative estimate of drug-likeness (QED) is 0.188. The molecule has 2 unspecified atom stereocenters. The number of nitrogens with zero attached hydrogens (tertiary/aromatic N) is 1. The molecule has 3 aromatic carbocycles. The van der Waals surface area contributed by atoms with Crippen molar-refractivity contribution in [3.8, 4) is 34.0 Å². The molecule has 2 atom stereocenters. The minimum atomic E-state index is -3.76. The number of aromatic nitrogens is 1. The lowest BCUT2D eigenvalue weighted by atomic mass is 9.79. The molecule has 0 saturated heterocycles. The fraction of sp³-hybridized carbons (Fsp3) is 0.250.